The second-order valence-electron chi connectivity index (χ2n) is 6.53. The quantitative estimate of drug-likeness (QED) is 0.315. The zero-order chi connectivity index (χ0) is 20.5. The van der Waals surface area contributed by atoms with E-state index in [1.807, 2.05) is 12.1 Å². The molecule has 8 nitrogen and oxygen atoms in total. The Kier molecular flexibility index (Phi) is 4.55. The van der Waals surface area contributed by atoms with E-state index in [9.17, 15) is 9.18 Å². The lowest BCUT2D eigenvalue weighted by Gasteiger charge is -2.04. The van der Waals surface area contributed by atoms with Crippen LogP contribution in [0.5, 0.6) is 0 Å². The van der Waals surface area contributed by atoms with Crippen LogP contribution >= 0.6 is 0 Å². The molecule has 0 bridgehead atoms. The summed E-state index contributed by atoms with van der Waals surface area (Å²) in [4.78, 5) is 20.0. The number of nitrogen functional groups attached to an aromatic ring is 1. The zero-order valence-corrected chi connectivity index (χ0v) is 15.5. The lowest BCUT2D eigenvalue weighted by atomic mass is 10.1. The average Bonchev–Trinajstić information content (AvgIpc) is 3.30. The maximum Gasteiger partial charge on any atom is 0.268 e. The predicted molar refractivity (Wildman–Crippen MR) is 107 cm³/mol. The van der Waals surface area contributed by atoms with Crippen molar-refractivity contribution in [2.75, 3.05) is 0 Å². The largest absolute Gasteiger partial charge is 0.368 e. The summed E-state index contributed by atoms with van der Waals surface area (Å²) >= 11 is 0. The maximum absolute atomic E-state index is 13.7. The monoisotopic (exact) mass is 391 g/mol. The van der Waals surface area contributed by atoms with E-state index in [0.29, 0.717) is 28.3 Å². The second kappa shape index (κ2) is 7.19. The number of benzene rings is 1. The summed E-state index contributed by atoms with van der Waals surface area (Å²) in [6.45, 7) is 1.88. The van der Waals surface area contributed by atoms with Crippen LogP contribution in [-0.4, -0.2) is 31.6 Å². The Labute approximate surface area is 165 Å². The maximum atomic E-state index is 13.7. The van der Waals surface area contributed by atoms with Gasteiger partial charge in [-0.15, -0.1) is 0 Å². The molecule has 0 fully saturated rings. The molecular weight excluding hydrogens is 373 g/mol. The molecule has 5 N–H and O–H groups in total. The summed E-state index contributed by atoms with van der Waals surface area (Å²) < 4.78 is 15.0. The molecule has 3 heterocycles. The number of rotatable bonds is 4. The number of aromatic nitrogens is 4. The third kappa shape index (κ3) is 3.45. The van der Waals surface area contributed by atoms with Gasteiger partial charge in [0.05, 0.1) is 17.6 Å². The molecular formula is C20H18FN7O. The number of hydrogen-bond acceptors (Lipinski definition) is 4. The minimum absolute atomic E-state index is 0.0863. The number of carbonyl (C=O) groups excluding carboxylic acids is 1. The van der Waals surface area contributed by atoms with Crippen molar-refractivity contribution in [3.8, 4) is 11.3 Å². The van der Waals surface area contributed by atoms with Gasteiger partial charge >= 0.3 is 0 Å². The van der Waals surface area contributed by atoms with E-state index in [1.54, 1.807) is 37.4 Å². The van der Waals surface area contributed by atoms with Gasteiger partial charge in [-0.2, -0.15) is 5.10 Å². The summed E-state index contributed by atoms with van der Waals surface area (Å²) in [7, 11) is 0. The molecule has 0 radical (unpaired) electrons. The average molecular weight is 391 g/mol. The Morgan fingerprint density at radius 2 is 2.10 bits per heavy atom. The summed E-state index contributed by atoms with van der Waals surface area (Å²) in [6, 6.07) is 11.6. The highest BCUT2D eigenvalue weighted by Crippen LogP contribution is 2.24. The molecule has 0 atom stereocenters. The number of nitrogens with one attached hydrogen (secondary N) is 3. The van der Waals surface area contributed by atoms with Crippen molar-refractivity contribution in [3.63, 3.8) is 0 Å². The molecule has 1 amide bonds. The van der Waals surface area contributed by atoms with Gasteiger partial charge in [0.2, 0.25) is 5.96 Å². The molecule has 0 saturated heterocycles. The molecule has 0 spiro atoms. The number of carbonyl (C=O) groups is 1. The highest BCUT2D eigenvalue weighted by Gasteiger charge is 2.15. The molecule has 9 heteroatoms. The van der Waals surface area contributed by atoms with Gasteiger partial charge < -0.3 is 16.0 Å². The zero-order valence-electron chi connectivity index (χ0n) is 15.5. The van der Waals surface area contributed by atoms with Crippen molar-refractivity contribution in [1.82, 2.24) is 25.1 Å². The highest BCUT2D eigenvalue weighted by molar-refractivity contribution is 5.97. The molecule has 1 aromatic carbocycles. The van der Waals surface area contributed by atoms with Crippen LogP contribution in [0, 0.1) is 18.2 Å². The van der Waals surface area contributed by atoms with Gasteiger partial charge in [0.1, 0.15) is 17.2 Å². The third-order valence-corrected chi connectivity index (χ3v) is 4.64. The molecule has 4 aromatic rings. The number of aromatic amines is 1. The summed E-state index contributed by atoms with van der Waals surface area (Å²) in [6.07, 6.45) is 1.59. The fourth-order valence-electron chi connectivity index (χ4n) is 3.09. The number of hydrogen-bond donors (Lipinski definition) is 4. The normalized spacial score (nSPS) is 11.0. The fourth-order valence-corrected chi connectivity index (χ4v) is 3.09. The number of nitrogens with zero attached hydrogens (tertiary/aromatic N) is 3. The lowest BCUT2D eigenvalue weighted by Crippen LogP contribution is -2.23. The third-order valence-electron chi connectivity index (χ3n) is 4.64. The summed E-state index contributed by atoms with van der Waals surface area (Å²) in [5, 5.41) is 15.1. The summed E-state index contributed by atoms with van der Waals surface area (Å²) in [5.41, 5.74) is 8.85. The number of amides is 1. The Balaban J connectivity index is 1.58. The van der Waals surface area contributed by atoms with Crippen molar-refractivity contribution in [3.05, 3.63) is 71.4 Å². The van der Waals surface area contributed by atoms with Gasteiger partial charge in [0.15, 0.2) is 0 Å². The molecule has 3 aromatic heterocycles. The predicted octanol–water partition coefficient (Wildman–Crippen LogP) is 2.55. The number of H-pyrrole nitrogens is 1. The van der Waals surface area contributed by atoms with Crippen LogP contribution in [0.1, 0.15) is 21.7 Å². The molecule has 146 valence electrons. The van der Waals surface area contributed by atoms with Crippen molar-refractivity contribution in [2.24, 2.45) is 5.73 Å². The Morgan fingerprint density at radius 3 is 2.83 bits per heavy atom. The summed E-state index contributed by atoms with van der Waals surface area (Å²) in [5.74, 6) is -0.894. The van der Waals surface area contributed by atoms with E-state index < -0.39 is 0 Å². The van der Waals surface area contributed by atoms with E-state index >= 15 is 0 Å². The van der Waals surface area contributed by atoms with Crippen LogP contribution in [0.2, 0.25) is 0 Å². The topological polar surface area (TPSA) is 125 Å². The van der Waals surface area contributed by atoms with Gasteiger partial charge in [-0.05, 0) is 31.2 Å². The standard InChI is InChI=1S/C20H18FN7O/c1-11-14(10-25-28(11)20(22)23)16-7-6-12-8-17(27-18(12)26-16)19(29)24-9-13-4-2-3-5-15(13)21/h2-8,10H,9H2,1H3,(H3,22,23)(H,24,29)(H,26,27). The molecule has 0 saturated carbocycles. The van der Waals surface area contributed by atoms with E-state index in [0.717, 1.165) is 10.9 Å². The molecule has 4 rings (SSSR count). The molecule has 0 aliphatic heterocycles. The Morgan fingerprint density at radius 1 is 1.31 bits per heavy atom. The minimum atomic E-state index is -0.364. The van der Waals surface area contributed by atoms with Gasteiger partial charge in [-0.1, -0.05) is 18.2 Å². The van der Waals surface area contributed by atoms with E-state index in [4.69, 9.17) is 11.1 Å². The van der Waals surface area contributed by atoms with Gasteiger partial charge in [0.25, 0.3) is 5.91 Å². The van der Waals surface area contributed by atoms with Crippen LogP contribution in [-0.2, 0) is 6.54 Å². The molecule has 0 aliphatic rings. The highest BCUT2D eigenvalue weighted by atomic mass is 19.1. The number of nitrogens with two attached hydrogens (primary N) is 1. The van der Waals surface area contributed by atoms with Crippen LogP contribution in [0.3, 0.4) is 0 Å². The first-order valence-electron chi connectivity index (χ1n) is 8.85. The van der Waals surface area contributed by atoms with E-state index in [-0.39, 0.29) is 24.2 Å². The van der Waals surface area contributed by atoms with Crippen LogP contribution in [0.4, 0.5) is 4.39 Å². The van der Waals surface area contributed by atoms with Crippen LogP contribution < -0.4 is 11.1 Å². The Hall–Kier alpha value is -4.01. The van der Waals surface area contributed by atoms with Gasteiger partial charge in [-0.25, -0.2) is 14.1 Å². The van der Waals surface area contributed by atoms with Crippen molar-refractivity contribution >= 4 is 22.9 Å². The SMILES string of the molecule is Cc1c(-c2ccc3cc(C(=O)NCc4ccccc4F)[nH]c3n2)cnn1C(=N)N. The van der Waals surface area contributed by atoms with Crippen LogP contribution in [0.15, 0.2) is 48.7 Å². The van der Waals surface area contributed by atoms with E-state index in [2.05, 4.69) is 20.4 Å². The van der Waals surface area contributed by atoms with Crippen molar-refractivity contribution < 1.29 is 9.18 Å². The Bertz CT molecular complexity index is 1240. The first kappa shape index (κ1) is 18.4. The molecule has 29 heavy (non-hydrogen) atoms. The molecule has 0 unspecified atom stereocenters. The van der Waals surface area contributed by atoms with E-state index in [1.165, 1.54) is 10.7 Å². The lowest BCUT2D eigenvalue weighted by molar-refractivity contribution is 0.0946. The number of fused-ring (bicyclic) bond motifs is 1. The fraction of sp³-hybridized carbons (Fsp3) is 0.100. The molecule has 0 aliphatic carbocycles. The smallest absolute Gasteiger partial charge is 0.268 e. The number of pyridine rings is 1. The minimum Gasteiger partial charge on any atom is -0.368 e. The second-order valence-corrected chi connectivity index (χ2v) is 6.53. The van der Waals surface area contributed by atoms with Crippen molar-refractivity contribution in [2.45, 2.75) is 13.5 Å². The van der Waals surface area contributed by atoms with Gasteiger partial charge in [0, 0.05) is 23.1 Å². The van der Waals surface area contributed by atoms with Crippen molar-refractivity contribution in [1.29, 1.82) is 5.41 Å². The van der Waals surface area contributed by atoms with Crippen LogP contribution in [0.25, 0.3) is 22.3 Å². The first-order valence-corrected chi connectivity index (χ1v) is 8.85. The first-order chi connectivity index (χ1) is 13.9. The van der Waals surface area contributed by atoms with Gasteiger partial charge in [-0.3, -0.25) is 10.2 Å². The number of halogens is 1.